The van der Waals surface area contributed by atoms with E-state index in [2.05, 4.69) is 20.8 Å². The molecule has 200 valence electrons. The van der Waals surface area contributed by atoms with Crippen molar-refractivity contribution in [1.82, 2.24) is 0 Å². The maximum atomic E-state index is 13.7. The number of hydrogen-bond donors (Lipinski definition) is 1. The molecule has 8 aliphatic rings. The van der Waals surface area contributed by atoms with Crippen LogP contribution in [-0.2, 0) is 38.1 Å². The second-order valence-corrected chi connectivity index (χ2v) is 13.2. The van der Waals surface area contributed by atoms with Crippen LogP contribution in [0.3, 0.4) is 0 Å². The normalized spacial score (nSPS) is 54.1. The number of hydrogen-bond acceptors (Lipinski definition) is 8. The van der Waals surface area contributed by atoms with Crippen molar-refractivity contribution in [2.75, 3.05) is 6.61 Å². The highest BCUT2D eigenvalue weighted by molar-refractivity contribution is 5.92. The fraction of sp³-hybridized carbons (Fsp3) is 0.821. The van der Waals surface area contributed by atoms with Crippen molar-refractivity contribution in [2.24, 2.45) is 29.1 Å². The van der Waals surface area contributed by atoms with Gasteiger partial charge in [0.15, 0.2) is 11.7 Å². The van der Waals surface area contributed by atoms with Crippen molar-refractivity contribution in [3.63, 3.8) is 0 Å². The van der Waals surface area contributed by atoms with Crippen LogP contribution in [0.5, 0.6) is 0 Å². The quantitative estimate of drug-likeness (QED) is 0.445. The van der Waals surface area contributed by atoms with E-state index in [-0.39, 0.29) is 41.5 Å². The molecule has 0 radical (unpaired) electrons. The van der Waals surface area contributed by atoms with Crippen LogP contribution in [0.1, 0.15) is 65.7 Å². The van der Waals surface area contributed by atoms with Crippen LogP contribution in [0, 0.1) is 29.1 Å². The third-order valence-electron chi connectivity index (χ3n) is 11.7. The lowest BCUT2D eigenvalue weighted by Gasteiger charge is -2.53. The van der Waals surface area contributed by atoms with Gasteiger partial charge in [-0.05, 0) is 49.5 Å². The molecule has 2 unspecified atom stereocenters. The second kappa shape index (κ2) is 6.77. The van der Waals surface area contributed by atoms with Gasteiger partial charge in [0.05, 0.1) is 17.9 Å². The van der Waals surface area contributed by atoms with Gasteiger partial charge in [-0.1, -0.05) is 33.6 Å². The summed E-state index contributed by atoms with van der Waals surface area (Å²) in [5.41, 5.74) is -0.586. The first-order valence-electron chi connectivity index (χ1n) is 14.0. The topological polar surface area (TPSA) is 127 Å². The van der Waals surface area contributed by atoms with Crippen molar-refractivity contribution >= 4 is 17.9 Å². The van der Waals surface area contributed by atoms with Crippen molar-refractivity contribution in [3.8, 4) is 0 Å². The van der Waals surface area contributed by atoms with Gasteiger partial charge in [0.1, 0.15) is 30.0 Å². The number of carbonyl (C=O) groups excluding carboxylic acids is 2. The Morgan fingerprint density at radius 1 is 1.08 bits per heavy atom. The number of rotatable bonds is 4. The number of fused-ring (bicyclic) bond motifs is 4. The summed E-state index contributed by atoms with van der Waals surface area (Å²) in [6, 6.07) is 0. The number of ether oxygens (including phenoxy) is 5. The van der Waals surface area contributed by atoms with E-state index in [9.17, 15) is 19.5 Å². The van der Waals surface area contributed by atoms with Crippen LogP contribution < -0.4 is 0 Å². The number of carboxylic acid groups (broad SMARTS) is 1. The second-order valence-electron chi connectivity index (χ2n) is 13.2. The zero-order chi connectivity index (χ0) is 25.7. The highest BCUT2D eigenvalue weighted by Gasteiger charge is 3.01. The number of carbonyl (C=O) groups is 3. The van der Waals surface area contributed by atoms with Crippen molar-refractivity contribution in [1.29, 1.82) is 0 Å². The molecule has 4 aliphatic heterocycles. The molecular formula is C28H34O9. The smallest absolute Gasteiger partial charge is 0.334 e. The molecule has 2 spiro atoms. The van der Waals surface area contributed by atoms with E-state index in [4.69, 9.17) is 23.7 Å². The van der Waals surface area contributed by atoms with Crippen LogP contribution in [0.15, 0.2) is 11.1 Å². The largest absolute Gasteiger partial charge is 0.481 e. The fourth-order valence-electron chi connectivity index (χ4n) is 9.75. The monoisotopic (exact) mass is 514 g/mol. The molecule has 4 aliphatic carbocycles. The molecule has 9 heteroatoms. The first-order chi connectivity index (χ1) is 17.6. The molecule has 0 amide bonds. The summed E-state index contributed by atoms with van der Waals surface area (Å²) >= 11 is 0. The number of carboxylic acids is 1. The third-order valence-corrected chi connectivity index (χ3v) is 11.7. The standard InChI is InChI=1S/C28H34O9/c1-12(2)26-19(36-26)20-28(37-20)25(3)9-8-15-16(11-33-22(15)31)17(25)10-18-27(28,35-18)24(26)34-23(32)14-7-5-4-6-13(14)21(29)30/h12-14,17-20,24H,4-11H2,1-3H3,(H,29,30)/t13?,14?,17-,18-,19-,20-,24+,25-,26-,27+,28+/m0/s1. The van der Waals surface area contributed by atoms with Gasteiger partial charge in [-0.15, -0.1) is 0 Å². The Bertz CT molecular complexity index is 1180. The summed E-state index contributed by atoms with van der Waals surface area (Å²) in [4.78, 5) is 38.0. The first kappa shape index (κ1) is 23.0. The number of esters is 2. The molecule has 3 saturated heterocycles. The van der Waals surface area contributed by atoms with E-state index >= 15 is 0 Å². The Morgan fingerprint density at radius 2 is 1.84 bits per heavy atom. The fourth-order valence-corrected chi connectivity index (χ4v) is 9.75. The lowest BCUT2D eigenvalue weighted by molar-refractivity contribution is -0.179. The van der Waals surface area contributed by atoms with E-state index in [1.165, 1.54) is 0 Å². The van der Waals surface area contributed by atoms with Crippen molar-refractivity contribution in [2.45, 2.75) is 107 Å². The maximum Gasteiger partial charge on any atom is 0.334 e. The average molecular weight is 515 g/mol. The number of cyclic esters (lactones) is 1. The van der Waals surface area contributed by atoms with E-state index < -0.39 is 46.7 Å². The van der Waals surface area contributed by atoms with Gasteiger partial charge in [-0.3, -0.25) is 9.59 Å². The summed E-state index contributed by atoms with van der Waals surface area (Å²) < 4.78 is 31.7. The Hall–Kier alpha value is -1.97. The third kappa shape index (κ3) is 2.38. The molecule has 6 fully saturated rings. The Kier molecular flexibility index (Phi) is 4.20. The Balaban J connectivity index is 1.19. The van der Waals surface area contributed by atoms with Gasteiger partial charge in [0.2, 0.25) is 0 Å². The summed E-state index contributed by atoms with van der Waals surface area (Å²) in [5.74, 6) is -2.80. The Labute approximate surface area is 215 Å². The van der Waals surface area contributed by atoms with E-state index in [1.54, 1.807) is 0 Å². The maximum absolute atomic E-state index is 13.7. The van der Waals surface area contributed by atoms with Gasteiger partial charge in [0.25, 0.3) is 0 Å². The predicted octanol–water partition coefficient (Wildman–Crippen LogP) is 2.54. The summed E-state index contributed by atoms with van der Waals surface area (Å²) in [5, 5.41) is 9.80. The van der Waals surface area contributed by atoms with E-state index in [0.717, 1.165) is 36.8 Å². The van der Waals surface area contributed by atoms with Gasteiger partial charge < -0.3 is 28.8 Å². The van der Waals surface area contributed by atoms with Gasteiger partial charge in [-0.2, -0.15) is 0 Å². The van der Waals surface area contributed by atoms with Crippen LogP contribution >= 0.6 is 0 Å². The minimum absolute atomic E-state index is 0.0606. The highest BCUT2D eigenvalue weighted by Crippen LogP contribution is 2.83. The molecule has 11 atom stereocenters. The summed E-state index contributed by atoms with van der Waals surface area (Å²) in [6.45, 7) is 6.74. The van der Waals surface area contributed by atoms with Gasteiger partial charge in [-0.25, -0.2) is 4.79 Å². The minimum atomic E-state index is -0.933. The molecule has 0 aromatic heterocycles. The molecular weight excluding hydrogens is 480 g/mol. The van der Waals surface area contributed by atoms with Crippen LogP contribution in [-0.4, -0.2) is 70.8 Å². The lowest BCUT2D eigenvalue weighted by Crippen LogP contribution is -2.70. The SMILES string of the molecule is CC(C)[C@]12O[C@H]1[C@@H]1O[C@]13[C@]1(O[C@H]1C[C@H]1C4=C(CC[C@@]13C)C(=O)OC4)[C@@H]2OC(=O)C1CCCCC1C(=O)O. The molecule has 8 rings (SSSR count). The molecule has 0 aromatic carbocycles. The van der Waals surface area contributed by atoms with Gasteiger partial charge >= 0.3 is 17.9 Å². The highest BCUT2D eigenvalue weighted by atomic mass is 16.8. The molecule has 37 heavy (non-hydrogen) atoms. The molecule has 9 nitrogen and oxygen atoms in total. The summed E-state index contributed by atoms with van der Waals surface area (Å²) in [6.07, 6.45) is 3.59. The Morgan fingerprint density at radius 3 is 2.57 bits per heavy atom. The lowest BCUT2D eigenvalue weighted by atomic mass is 9.46. The predicted molar refractivity (Wildman–Crippen MR) is 124 cm³/mol. The molecule has 1 N–H and O–H groups in total. The van der Waals surface area contributed by atoms with Crippen LogP contribution in [0.25, 0.3) is 0 Å². The minimum Gasteiger partial charge on any atom is -0.481 e. The molecule has 0 aromatic rings. The van der Waals surface area contributed by atoms with Crippen molar-refractivity contribution < 1.29 is 43.2 Å². The number of aliphatic carboxylic acids is 1. The summed E-state index contributed by atoms with van der Waals surface area (Å²) in [7, 11) is 0. The van der Waals surface area contributed by atoms with Gasteiger partial charge in [0, 0.05) is 11.0 Å². The van der Waals surface area contributed by atoms with Crippen LogP contribution in [0.2, 0.25) is 0 Å². The molecule has 4 heterocycles. The molecule has 0 bridgehead atoms. The zero-order valence-corrected chi connectivity index (χ0v) is 21.5. The van der Waals surface area contributed by atoms with E-state index in [1.807, 2.05) is 0 Å². The molecule has 3 saturated carbocycles. The first-order valence-corrected chi connectivity index (χ1v) is 14.0. The number of epoxide rings is 3. The van der Waals surface area contributed by atoms with E-state index in [0.29, 0.717) is 25.9 Å². The zero-order valence-electron chi connectivity index (χ0n) is 21.5. The van der Waals surface area contributed by atoms with Crippen LogP contribution in [0.4, 0.5) is 0 Å². The van der Waals surface area contributed by atoms with Crippen molar-refractivity contribution in [3.05, 3.63) is 11.1 Å². The average Bonchev–Trinajstić information content (AvgIpc) is 3.77.